The highest BCUT2D eigenvalue weighted by molar-refractivity contribution is 8.14. The Morgan fingerprint density at radius 3 is 2.60 bits per heavy atom. The van der Waals surface area contributed by atoms with Crippen LogP contribution in [-0.4, -0.2) is 15.5 Å². The van der Waals surface area contributed by atoms with E-state index in [0.29, 0.717) is 5.23 Å². The number of benzene rings is 1. The molecule has 2 unspecified atom stereocenters. The SMILES string of the molecule is CC1SC(=Nc2ccccc2)OC1(C)Cl. The fourth-order valence-corrected chi connectivity index (χ4v) is 2.38. The maximum Gasteiger partial charge on any atom is 0.253 e. The van der Waals surface area contributed by atoms with E-state index in [0.717, 1.165) is 5.69 Å². The highest BCUT2D eigenvalue weighted by Crippen LogP contribution is 2.40. The minimum absolute atomic E-state index is 0.210. The van der Waals surface area contributed by atoms with E-state index in [4.69, 9.17) is 16.3 Å². The first-order valence-electron chi connectivity index (χ1n) is 4.76. The van der Waals surface area contributed by atoms with Crippen molar-refractivity contribution in [3.63, 3.8) is 0 Å². The van der Waals surface area contributed by atoms with E-state index in [9.17, 15) is 0 Å². The summed E-state index contributed by atoms with van der Waals surface area (Å²) >= 11 is 7.72. The van der Waals surface area contributed by atoms with Gasteiger partial charge < -0.3 is 4.74 Å². The molecule has 0 spiro atoms. The summed E-state index contributed by atoms with van der Waals surface area (Å²) in [5.41, 5.74) is 0.890. The third kappa shape index (κ3) is 2.47. The summed E-state index contributed by atoms with van der Waals surface area (Å²) in [6, 6.07) is 9.72. The molecule has 0 radical (unpaired) electrons. The van der Waals surface area contributed by atoms with Gasteiger partial charge in [-0.3, -0.25) is 0 Å². The number of thioether (sulfide) groups is 1. The molecule has 0 amide bonds. The molecule has 1 aliphatic heterocycles. The van der Waals surface area contributed by atoms with Gasteiger partial charge in [-0.15, -0.1) is 0 Å². The Hall–Kier alpha value is -0.670. The van der Waals surface area contributed by atoms with E-state index in [1.165, 1.54) is 0 Å². The molecular formula is C11H12ClNOS. The molecule has 0 N–H and O–H groups in total. The summed E-state index contributed by atoms with van der Waals surface area (Å²) in [6.45, 7) is 3.89. The average molecular weight is 242 g/mol. The van der Waals surface area contributed by atoms with Crippen LogP contribution >= 0.6 is 23.4 Å². The van der Waals surface area contributed by atoms with Crippen LogP contribution in [0.25, 0.3) is 0 Å². The van der Waals surface area contributed by atoms with Gasteiger partial charge in [0.15, 0.2) is 5.06 Å². The minimum Gasteiger partial charge on any atom is -0.449 e. The maximum absolute atomic E-state index is 6.16. The highest BCUT2D eigenvalue weighted by Gasteiger charge is 2.40. The predicted molar refractivity (Wildman–Crippen MR) is 65.9 cm³/mol. The van der Waals surface area contributed by atoms with Gasteiger partial charge in [-0.05, 0) is 26.0 Å². The largest absolute Gasteiger partial charge is 0.449 e. The van der Waals surface area contributed by atoms with Crippen LogP contribution in [0.5, 0.6) is 0 Å². The number of para-hydroxylation sites is 1. The summed E-state index contributed by atoms with van der Waals surface area (Å²) in [4.78, 5) is 4.38. The Bertz CT molecular complexity index is 377. The molecule has 4 heteroatoms. The van der Waals surface area contributed by atoms with E-state index in [1.54, 1.807) is 11.8 Å². The topological polar surface area (TPSA) is 21.6 Å². The molecule has 2 rings (SSSR count). The van der Waals surface area contributed by atoms with E-state index in [2.05, 4.69) is 4.99 Å². The summed E-state index contributed by atoms with van der Waals surface area (Å²) in [5.74, 6) is 0. The highest BCUT2D eigenvalue weighted by atomic mass is 35.5. The van der Waals surface area contributed by atoms with Gasteiger partial charge in [-0.2, -0.15) is 0 Å². The van der Waals surface area contributed by atoms with Gasteiger partial charge in [-0.1, -0.05) is 41.6 Å². The second kappa shape index (κ2) is 4.06. The Labute approximate surface area is 98.7 Å². The van der Waals surface area contributed by atoms with Crippen molar-refractivity contribution in [2.45, 2.75) is 24.2 Å². The first kappa shape index (κ1) is 10.8. The van der Waals surface area contributed by atoms with Crippen LogP contribution in [0.4, 0.5) is 5.69 Å². The number of halogens is 1. The standard InChI is InChI=1S/C11H12ClNOS/c1-8-11(2,12)14-10(15-8)13-9-6-4-3-5-7-9/h3-8H,1-2H3. The minimum atomic E-state index is -0.641. The van der Waals surface area contributed by atoms with Crippen molar-refractivity contribution >= 4 is 34.3 Å². The molecule has 0 bridgehead atoms. The van der Waals surface area contributed by atoms with E-state index in [1.807, 2.05) is 44.2 Å². The van der Waals surface area contributed by atoms with Gasteiger partial charge in [0.25, 0.3) is 5.23 Å². The van der Waals surface area contributed by atoms with Crippen LogP contribution in [0, 0.1) is 0 Å². The normalized spacial score (nSPS) is 33.0. The summed E-state index contributed by atoms with van der Waals surface area (Å²) in [7, 11) is 0. The molecular weight excluding hydrogens is 230 g/mol. The number of hydrogen-bond donors (Lipinski definition) is 0. The molecule has 1 heterocycles. The fraction of sp³-hybridized carbons (Fsp3) is 0.364. The van der Waals surface area contributed by atoms with Crippen LogP contribution in [0.2, 0.25) is 0 Å². The van der Waals surface area contributed by atoms with Gasteiger partial charge in [-0.25, -0.2) is 4.99 Å². The molecule has 2 atom stereocenters. The first-order chi connectivity index (χ1) is 7.08. The van der Waals surface area contributed by atoms with E-state index < -0.39 is 5.06 Å². The lowest BCUT2D eigenvalue weighted by molar-refractivity contribution is 0.184. The number of aliphatic imine (C=N–C) groups is 1. The van der Waals surface area contributed by atoms with Crippen molar-refractivity contribution in [1.29, 1.82) is 0 Å². The lowest BCUT2D eigenvalue weighted by Gasteiger charge is -2.16. The van der Waals surface area contributed by atoms with Crippen LogP contribution in [0.15, 0.2) is 35.3 Å². The molecule has 1 aliphatic rings. The predicted octanol–water partition coefficient (Wildman–Crippen LogP) is 3.78. The van der Waals surface area contributed by atoms with Gasteiger partial charge in [0.2, 0.25) is 0 Å². The summed E-state index contributed by atoms with van der Waals surface area (Å²) < 4.78 is 5.54. The zero-order valence-electron chi connectivity index (χ0n) is 8.61. The molecule has 1 aromatic carbocycles. The van der Waals surface area contributed by atoms with Crippen LogP contribution in [-0.2, 0) is 4.74 Å². The monoisotopic (exact) mass is 241 g/mol. The van der Waals surface area contributed by atoms with Gasteiger partial charge in [0.05, 0.1) is 10.9 Å². The number of alkyl halides is 1. The molecule has 1 aromatic rings. The quantitative estimate of drug-likeness (QED) is 0.698. The zero-order valence-corrected chi connectivity index (χ0v) is 10.2. The number of rotatable bonds is 1. The number of nitrogens with zero attached hydrogens (tertiary/aromatic N) is 1. The summed E-state index contributed by atoms with van der Waals surface area (Å²) in [6.07, 6.45) is 0. The van der Waals surface area contributed by atoms with Crippen LogP contribution < -0.4 is 0 Å². The molecule has 80 valence electrons. The van der Waals surface area contributed by atoms with Gasteiger partial charge in [0.1, 0.15) is 0 Å². The molecule has 0 aromatic heterocycles. The first-order valence-corrected chi connectivity index (χ1v) is 6.02. The third-order valence-electron chi connectivity index (χ3n) is 2.27. The number of ether oxygens (including phenoxy) is 1. The average Bonchev–Trinajstić information content (AvgIpc) is 2.42. The molecule has 0 aliphatic carbocycles. The summed E-state index contributed by atoms with van der Waals surface area (Å²) in [5, 5.41) is 0.214. The maximum atomic E-state index is 6.16. The number of hydrogen-bond acceptors (Lipinski definition) is 3. The van der Waals surface area contributed by atoms with Gasteiger partial charge in [0, 0.05) is 0 Å². The lowest BCUT2D eigenvalue weighted by atomic mass is 10.3. The third-order valence-corrected chi connectivity index (χ3v) is 3.98. The van der Waals surface area contributed by atoms with Crippen molar-refractivity contribution in [1.82, 2.24) is 0 Å². The van der Waals surface area contributed by atoms with Gasteiger partial charge >= 0.3 is 0 Å². The zero-order chi connectivity index (χ0) is 10.9. The van der Waals surface area contributed by atoms with Crippen LogP contribution in [0.3, 0.4) is 0 Å². The molecule has 0 saturated carbocycles. The Balaban J connectivity index is 2.18. The van der Waals surface area contributed by atoms with Crippen molar-refractivity contribution in [3.8, 4) is 0 Å². The second-order valence-corrected chi connectivity index (χ2v) is 5.60. The van der Waals surface area contributed by atoms with Crippen molar-refractivity contribution in [2.75, 3.05) is 0 Å². The fourth-order valence-electron chi connectivity index (χ4n) is 1.19. The second-order valence-electron chi connectivity index (χ2n) is 3.56. The molecule has 2 nitrogen and oxygen atoms in total. The molecule has 1 saturated heterocycles. The van der Waals surface area contributed by atoms with E-state index >= 15 is 0 Å². The molecule has 1 fully saturated rings. The smallest absolute Gasteiger partial charge is 0.253 e. The Morgan fingerprint density at radius 1 is 1.40 bits per heavy atom. The Morgan fingerprint density at radius 2 is 2.07 bits per heavy atom. The van der Waals surface area contributed by atoms with Crippen molar-refractivity contribution < 1.29 is 4.74 Å². The molecule has 15 heavy (non-hydrogen) atoms. The van der Waals surface area contributed by atoms with Crippen molar-refractivity contribution in [3.05, 3.63) is 30.3 Å². The van der Waals surface area contributed by atoms with E-state index in [-0.39, 0.29) is 5.25 Å². The lowest BCUT2D eigenvalue weighted by Crippen LogP contribution is -2.25. The van der Waals surface area contributed by atoms with Crippen LogP contribution in [0.1, 0.15) is 13.8 Å². The van der Waals surface area contributed by atoms with Crippen molar-refractivity contribution in [2.24, 2.45) is 4.99 Å². The Kier molecular flexibility index (Phi) is 2.94.